The number of aromatic nitrogens is 4. The van der Waals surface area contributed by atoms with Crippen LogP contribution in [0.5, 0.6) is 0 Å². The number of nitrogens with one attached hydrogen (secondary N) is 1. The van der Waals surface area contributed by atoms with Gasteiger partial charge in [0.1, 0.15) is 12.8 Å². The monoisotopic (exact) mass is 419 g/mol. The molecule has 0 spiro atoms. The van der Waals surface area contributed by atoms with E-state index in [9.17, 15) is 14.3 Å². The predicted octanol–water partition coefficient (Wildman–Crippen LogP) is 1.01. The first kappa shape index (κ1) is 22.5. The van der Waals surface area contributed by atoms with Gasteiger partial charge in [-0.2, -0.15) is 4.98 Å². The third-order valence-electron chi connectivity index (χ3n) is 3.33. The lowest BCUT2D eigenvalue weighted by Gasteiger charge is -2.21. The van der Waals surface area contributed by atoms with Gasteiger partial charge in [-0.25, -0.2) is 9.55 Å². The fourth-order valence-electron chi connectivity index (χ4n) is 2.17. The van der Waals surface area contributed by atoms with Gasteiger partial charge in [-0.3, -0.25) is 23.4 Å². The van der Waals surface area contributed by atoms with Gasteiger partial charge in [0, 0.05) is 0 Å². The summed E-state index contributed by atoms with van der Waals surface area (Å²) in [6.07, 6.45) is 0.143. The fraction of sp³-hybridized carbons (Fsp3) is 0.667. The average Bonchev–Trinajstić information content (AvgIpc) is 2.96. The Bertz CT molecular complexity index is 881. The van der Waals surface area contributed by atoms with E-state index in [2.05, 4.69) is 15.0 Å². The normalized spacial score (nSPS) is 15.4. The number of aromatic amines is 1. The highest BCUT2D eigenvalue weighted by atomic mass is 31.2. The van der Waals surface area contributed by atoms with Crippen LogP contribution in [0.4, 0.5) is 5.95 Å². The Kier molecular flexibility index (Phi) is 7.70. The molecule has 0 amide bonds. The lowest BCUT2D eigenvalue weighted by molar-refractivity contribution is -0.0779. The minimum absolute atomic E-state index is 0.0469. The zero-order chi connectivity index (χ0) is 20.9. The maximum absolute atomic E-state index is 11.9. The van der Waals surface area contributed by atoms with Crippen LogP contribution in [-0.4, -0.2) is 55.9 Å². The number of imidazole rings is 1. The van der Waals surface area contributed by atoms with Crippen LogP contribution in [0.25, 0.3) is 11.2 Å². The van der Waals surface area contributed by atoms with E-state index >= 15 is 0 Å². The van der Waals surface area contributed by atoms with Crippen molar-refractivity contribution in [2.75, 3.05) is 18.9 Å². The summed E-state index contributed by atoms with van der Waals surface area (Å²) in [5.41, 5.74) is 5.47. The Morgan fingerprint density at radius 2 is 1.96 bits per heavy atom. The van der Waals surface area contributed by atoms with Crippen LogP contribution < -0.4 is 11.3 Å². The van der Waals surface area contributed by atoms with Gasteiger partial charge >= 0.3 is 7.82 Å². The van der Waals surface area contributed by atoms with Crippen LogP contribution in [0.3, 0.4) is 0 Å². The van der Waals surface area contributed by atoms with Crippen LogP contribution in [0, 0.1) is 0 Å². The summed E-state index contributed by atoms with van der Waals surface area (Å²) in [7, 11) is -4.21. The predicted molar refractivity (Wildman–Crippen MR) is 101 cm³/mol. The molecule has 2 aromatic heterocycles. The quantitative estimate of drug-likeness (QED) is 0.448. The van der Waals surface area contributed by atoms with E-state index in [-0.39, 0.29) is 43.2 Å². The summed E-state index contributed by atoms with van der Waals surface area (Å²) in [6, 6.07) is 0. The van der Waals surface area contributed by atoms with E-state index in [1.54, 1.807) is 13.8 Å². The summed E-state index contributed by atoms with van der Waals surface area (Å²) in [5.74, 6) is -0.0469. The Hall–Kier alpha value is -1.82. The first-order valence-electron chi connectivity index (χ1n) is 8.67. The molecule has 0 aliphatic rings. The molecule has 0 aliphatic heterocycles. The molecule has 4 N–H and O–H groups in total. The number of anilines is 1. The third kappa shape index (κ3) is 6.66. The largest absolute Gasteiger partial charge is 0.472 e. The Morgan fingerprint density at radius 1 is 1.25 bits per heavy atom. The van der Waals surface area contributed by atoms with Crippen molar-refractivity contribution in [3.8, 4) is 0 Å². The van der Waals surface area contributed by atoms with Crippen molar-refractivity contribution in [3.63, 3.8) is 0 Å². The minimum Gasteiger partial charge on any atom is -0.376 e. The summed E-state index contributed by atoms with van der Waals surface area (Å²) < 4.78 is 34.5. The Labute approximate surface area is 161 Å². The molecule has 2 heterocycles. The fourth-order valence-corrected chi connectivity index (χ4v) is 3.12. The van der Waals surface area contributed by atoms with Crippen molar-refractivity contribution in [1.82, 2.24) is 19.5 Å². The molecular weight excluding hydrogens is 393 g/mol. The average molecular weight is 419 g/mol. The highest BCUT2D eigenvalue weighted by Gasteiger charge is 2.25. The number of nitrogen functional groups attached to an aromatic ring is 1. The number of ether oxygens (including phenoxy) is 2. The van der Waals surface area contributed by atoms with Gasteiger partial charge in [-0.1, -0.05) is 0 Å². The lowest BCUT2D eigenvalue weighted by Crippen LogP contribution is -2.28. The number of nitrogens with two attached hydrogens (primary N) is 1. The smallest absolute Gasteiger partial charge is 0.376 e. The number of phosphoric acid groups is 1. The van der Waals surface area contributed by atoms with Crippen molar-refractivity contribution in [1.29, 1.82) is 0 Å². The SMILES string of the molecule is CC(C)OC[C@H](COP(=O)(O)OC(C)C)OCn1cnc2c(=O)[nH]c(N)nc21. The minimum atomic E-state index is -4.21. The van der Waals surface area contributed by atoms with E-state index in [1.807, 2.05) is 13.8 Å². The molecule has 1 unspecified atom stereocenters. The molecule has 0 aliphatic carbocycles. The topological polar surface area (TPSA) is 164 Å². The number of hydrogen-bond acceptors (Lipinski definition) is 9. The van der Waals surface area contributed by atoms with E-state index in [0.29, 0.717) is 0 Å². The van der Waals surface area contributed by atoms with Crippen LogP contribution in [0.15, 0.2) is 11.1 Å². The molecule has 0 fully saturated rings. The number of hydrogen-bond donors (Lipinski definition) is 3. The number of H-pyrrole nitrogens is 1. The van der Waals surface area contributed by atoms with E-state index in [1.165, 1.54) is 10.9 Å². The van der Waals surface area contributed by atoms with Crippen molar-refractivity contribution < 1.29 is 28.0 Å². The third-order valence-corrected chi connectivity index (χ3v) is 4.49. The van der Waals surface area contributed by atoms with Gasteiger partial charge in [0.15, 0.2) is 11.2 Å². The second-order valence-corrected chi connectivity index (χ2v) is 7.96. The van der Waals surface area contributed by atoms with Crippen molar-refractivity contribution >= 4 is 24.9 Å². The van der Waals surface area contributed by atoms with E-state index in [4.69, 9.17) is 24.3 Å². The molecule has 2 rings (SSSR count). The maximum atomic E-state index is 11.9. The molecule has 2 atom stereocenters. The molecular formula is C15H26N5O7P. The molecule has 0 radical (unpaired) electrons. The number of nitrogens with zero attached hydrogens (tertiary/aromatic N) is 3. The van der Waals surface area contributed by atoms with Gasteiger partial charge in [-0.15, -0.1) is 0 Å². The Morgan fingerprint density at radius 3 is 2.61 bits per heavy atom. The van der Waals surface area contributed by atoms with Crippen LogP contribution in [0.2, 0.25) is 0 Å². The van der Waals surface area contributed by atoms with Crippen LogP contribution >= 0.6 is 7.82 Å². The number of rotatable bonds is 11. The standard InChI is InChI=1S/C15H26N5O7P/c1-9(2)24-5-11(6-26-28(22,23)27-10(3)4)25-8-20-7-17-12-13(20)18-15(16)19-14(12)21/h7,9-11H,5-6,8H2,1-4H3,(H,22,23)(H3,16,18,19,21)/t11-/m1/s1. The maximum Gasteiger partial charge on any atom is 0.472 e. The molecule has 158 valence electrons. The van der Waals surface area contributed by atoms with Crippen LogP contribution in [-0.2, 0) is 29.8 Å². The first-order chi connectivity index (χ1) is 13.1. The Balaban J connectivity index is 2.06. The van der Waals surface area contributed by atoms with E-state index in [0.717, 1.165) is 0 Å². The molecule has 28 heavy (non-hydrogen) atoms. The zero-order valence-corrected chi connectivity index (χ0v) is 17.1. The summed E-state index contributed by atoms with van der Waals surface area (Å²) in [4.78, 5) is 31.9. The molecule has 0 saturated carbocycles. The summed E-state index contributed by atoms with van der Waals surface area (Å²) in [6.45, 7) is 6.75. The van der Waals surface area contributed by atoms with Gasteiger partial charge in [0.2, 0.25) is 5.95 Å². The van der Waals surface area contributed by atoms with Crippen molar-refractivity contribution in [3.05, 3.63) is 16.7 Å². The number of phosphoric ester groups is 1. The zero-order valence-electron chi connectivity index (χ0n) is 16.2. The summed E-state index contributed by atoms with van der Waals surface area (Å²) >= 11 is 0. The van der Waals surface area contributed by atoms with Gasteiger partial charge in [0.05, 0.1) is 31.7 Å². The molecule has 0 saturated heterocycles. The second kappa shape index (κ2) is 9.59. The lowest BCUT2D eigenvalue weighted by atomic mass is 10.4. The highest BCUT2D eigenvalue weighted by molar-refractivity contribution is 7.47. The first-order valence-corrected chi connectivity index (χ1v) is 10.2. The molecule has 12 nitrogen and oxygen atoms in total. The number of fused-ring (bicyclic) bond motifs is 1. The van der Waals surface area contributed by atoms with Gasteiger partial charge in [0.25, 0.3) is 5.56 Å². The van der Waals surface area contributed by atoms with Gasteiger partial charge < -0.3 is 20.1 Å². The van der Waals surface area contributed by atoms with Crippen LogP contribution in [0.1, 0.15) is 27.7 Å². The highest BCUT2D eigenvalue weighted by Crippen LogP contribution is 2.44. The van der Waals surface area contributed by atoms with E-state index < -0.39 is 25.6 Å². The molecule has 2 aromatic rings. The molecule has 0 aromatic carbocycles. The molecule has 0 bridgehead atoms. The second-order valence-electron chi connectivity index (χ2n) is 6.56. The van der Waals surface area contributed by atoms with Crippen molar-refractivity contribution in [2.24, 2.45) is 0 Å². The molecule has 13 heteroatoms. The van der Waals surface area contributed by atoms with Gasteiger partial charge in [-0.05, 0) is 27.7 Å². The summed E-state index contributed by atoms with van der Waals surface area (Å²) in [5, 5.41) is 0. The van der Waals surface area contributed by atoms with Crippen molar-refractivity contribution in [2.45, 2.75) is 52.7 Å².